The Kier molecular flexibility index (Phi) is 5.65. The number of aromatic nitrogens is 1. The van der Waals surface area contributed by atoms with Crippen LogP contribution in [0.4, 0.5) is 8.78 Å². The zero-order valence-corrected chi connectivity index (χ0v) is 17.3. The number of fused-ring (bicyclic) bond motifs is 1. The third kappa shape index (κ3) is 3.74. The van der Waals surface area contributed by atoms with Gasteiger partial charge in [-0.2, -0.15) is 4.39 Å². The molecule has 0 aliphatic rings. The summed E-state index contributed by atoms with van der Waals surface area (Å²) in [4.78, 5) is 16.6. The molecule has 4 aromatic rings. The van der Waals surface area contributed by atoms with E-state index in [-0.39, 0.29) is 21.8 Å². The number of thiophene rings is 1. The molecule has 1 N–H and O–H groups in total. The molecular formula is C22H15ClF2N2O2S. The maximum Gasteiger partial charge on any atom is 0.263 e. The van der Waals surface area contributed by atoms with E-state index >= 15 is 0 Å². The minimum Gasteiger partial charge on any atom is -0.496 e. The molecule has 0 saturated carbocycles. The van der Waals surface area contributed by atoms with Crippen LogP contribution in [0.1, 0.15) is 15.2 Å². The summed E-state index contributed by atoms with van der Waals surface area (Å²) in [6, 6.07) is 13.0. The fourth-order valence-corrected chi connectivity index (χ4v) is 4.63. The van der Waals surface area contributed by atoms with E-state index in [1.165, 1.54) is 19.4 Å². The van der Waals surface area contributed by atoms with Crippen molar-refractivity contribution < 1.29 is 18.3 Å². The summed E-state index contributed by atoms with van der Waals surface area (Å²) < 4.78 is 34.0. The summed E-state index contributed by atoms with van der Waals surface area (Å²) in [6.45, 7) is 0.116. The van der Waals surface area contributed by atoms with Gasteiger partial charge >= 0.3 is 0 Å². The zero-order chi connectivity index (χ0) is 21.3. The second kappa shape index (κ2) is 8.38. The van der Waals surface area contributed by atoms with Crippen LogP contribution < -0.4 is 10.1 Å². The van der Waals surface area contributed by atoms with Gasteiger partial charge in [-0.1, -0.05) is 23.7 Å². The number of pyridine rings is 1. The molecule has 2 aromatic heterocycles. The van der Waals surface area contributed by atoms with Crippen molar-refractivity contribution in [2.24, 2.45) is 0 Å². The summed E-state index contributed by atoms with van der Waals surface area (Å²) in [7, 11) is 1.51. The third-order valence-corrected chi connectivity index (χ3v) is 6.25. The first-order valence-corrected chi connectivity index (χ1v) is 10.1. The van der Waals surface area contributed by atoms with Crippen LogP contribution in [-0.2, 0) is 6.54 Å². The summed E-state index contributed by atoms with van der Waals surface area (Å²) >= 11 is 7.38. The SMILES string of the molecule is COc1ccc(-c2cccnc2F)cc1CNC(=O)c1sc2cccc(F)c2c1Cl. The minimum absolute atomic E-state index is 0.0868. The van der Waals surface area contributed by atoms with Crippen LogP contribution in [-0.4, -0.2) is 18.0 Å². The second-order valence-corrected chi connectivity index (χ2v) is 7.84. The van der Waals surface area contributed by atoms with Crippen molar-refractivity contribution in [1.29, 1.82) is 0 Å². The van der Waals surface area contributed by atoms with E-state index in [0.717, 1.165) is 11.3 Å². The molecular weight excluding hydrogens is 430 g/mol. The highest BCUT2D eigenvalue weighted by molar-refractivity contribution is 7.21. The van der Waals surface area contributed by atoms with Gasteiger partial charge in [0.2, 0.25) is 5.95 Å². The van der Waals surface area contributed by atoms with Gasteiger partial charge in [0.25, 0.3) is 5.91 Å². The number of methoxy groups -OCH3 is 1. The molecule has 0 unspecified atom stereocenters. The molecule has 0 spiro atoms. The number of carbonyl (C=O) groups excluding carboxylic acids is 1. The molecule has 0 fully saturated rings. The van der Waals surface area contributed by atoms with E-state index in [1.54, 1.807) is 42.5 Å². The van der Waals surface area contributed by atoms with Crippen LogP contribution >= 0.6 is 22.9 Å². The van der Waals surface area contributed by atoms with Crippen LogP contribution in [0.25, 0.3) is 21.2 Å². The largest absolute Gasteiger partial charge is 0.496 e. The van der Waals surface area contributed by atoms with Crippen LogP contribution in [0.5, 0.6) is 5.75 Å². The molecule has 0 saturated heterocycles. The van der Waals surface area contributed by atoms with Gasteiger partial charge in [-0.3, -0.25) is 4.79 Å². The van der Waals surface area contributed by atoms with E-state index in [2.05, 4.69) is 10.3 Å². The average Bonchev–Trinajstić information content (AvgIpc) is 3.10. The van der Waals surface area contributed by atoms with Gasteiger partial charge in [-0.05, 0) is 42.0 Å². The molecule has 4 rings (SSSR count). The predicted octanol–water partition coefficient (Wildman–Crippen LogP) is 5.83. The fraction of sp³-hybridized carbons (Fsp3) is 0.0909. The number of rotatable bonds is 5. The van der Waals surface area contributed by atoms with Gasteiger partial charge in [0, 0.05) is 34.0 Å². The monoisotopic (exact) mass is 444 g/mol. The van der Waals surface area contributed by atoms with Gasteiger partial charge in [-0.15, -0.1) is 11.3 Å². The first kappa shape index (κ1) is 20.3. The number of carbonyl (C=O) groups is 1. The van der Waals surface area contributed by atoms with E-state index < -0.39 is 17.7 Å². The van der Waals surface area contributed by atoms with Gasteiger partial charge < -0.3 is 10.1 Å². The molecule has 4 nitrogen and oxygen atoms in total. The lowest BCUT2D eigenvalue weighted by atomic mass is 10.0. The van der Waals surface area contributed by atoms with E-state index in [9.17, 15) is 13.6 Å². The normalized spacial score (nSPS) is 10.9. The first-order valence-electron chi connectivity index (χ1n) is 8.92. The Balaban J connectivity index is 1.61. The summed E-state index contributed by atoms with van der Waals surface area (Å²) in [5, 5.41) is 3.10. The van der Waals surface area contributed by atoms with E-state index in [0.29, 0.717) is 27.1 Å². The number of benzene rings is 2. The van der Waals surface area contributed by atoms with E-state index in [4.69, 9.17) is 16.3 Å². The molecule has 0 aliphatic heterocycles. The quantitative estimate of drug-likeness (QED) is 0.394. The van der Waals surface area contributed by atoms with Crippen molar-refractivity contribution in [2.45, 2.75) is 6.54 Å². The highest BCUT2D eigenvalue weighted by Crippen LogP contribution is 2.37. The Morgan fingerprint density at radius 2 is 2.03 bits per heavy atom. The van der Waals surface area contributed by atoms with Gasteiger partial charge in [0.1, 0.15) is 16.4 Å². The Bertz CT molecular complexity index is 1260. The predicted molar refractivity (Wildman–Crippen MR) is 114 cm³/mol. The fourth-order valence-electron chi connectivity index (χ4n) is 3.16. The van der Waals surface area contributed by atoms with Crippen molar-refractivity contribution in [1.82, 2.24) is 10.3 Å². The molecule has 0 bridgehead atoms. The second-order valence-electron chi connectivity index (χ2n) is 6.41. The van der Waals surface area contributed by atoms with Crippen LogP contribution in [0.15, 0.2) is 54.7 Å². The van der Waals surface area contributed by atoms with Gasteiger partial charge in [0.15, 0.2) is 0 Å². The number of nitrogens with zero attached hydrogens (tertiary/aromatic N) is 1. The lowest BCUT2D eigenvalue weighted by Crippen LogP contribution is -2.22. The van der Waals surface area contributed by atoms with Crippen molar-refractivity contribution in [3.63, 3.8) is 0 Å². The number of hydrogen-bond acceptors (Lipinski definition) is 4. The van der Waals surface area contributed by atoms with Crippen molar-refractivity contribution >= 4 is 38.9 Å². The lowest BCUT2D eigenvalue weighted by Gasteiger charge is -2.12. The highest BCUT2D eigenvalue weighted by atomic mass is 35.5. The van der Waals surface area contributed by atoms with Crippen molar-refractivity contribution in [3.8, 4) is 16.9 Å². The molecule has 1 amide bonds. The maximum absolute atomic E-state index is 14.0. The van der Waals surface area contributed by atoms with Crippen LogP contribution in [0, 0.1) is 11.8 Å². The Morgan fingerprint density at radius 3 is 2.77 bits per heavy atom. The number of hydrogen-bond donors (Lipinski definition) is 1. The molecule has 0 radical (unpaired) electrons. The number of amides is 1. The molecule has 0 aliphatic carbocycles. The van der Waals surface area contributed by atoms with E-state index in [1.807, 2.05) is 0 Å². The summed E-state index contributed by atoms with van der Waals surface area (Å²) in [6.07, 6.45) is 1.38. The molecule has 8 heteroatoms. The minimum atomic E-state index is -0.586. The smallest absolute Gasteiger partial charge is 0.263 e. The van der Waals surface area contributed by atoms with Crippen LogP contribution in [0.2, 0.25) is 5.02 Å². The maximum atomic E-state index is 14.0. The Hall–Kier alpha value is -3.03. The number of halogens is 3. The average molecular weight is 445 g/mol. The van der Waals surface area contributed by atoms with Gasteiger partial charge in [0.05, 0.1) is 12.1 Å². The number of nitrogens with one attached hydrogen (secondary N) is 1. The number of ether oxygens (including phenoxy) is 1. The summed E-state index contributed by atoms with van der Waals surface area (Å²) in [5.74, 6) is -0.949. The Morgan fingerprint density at radius 1 is 1.20 bits per heavy atom. The topological polar surface area (TPSA) is 51.2 Å². The lowest BCUT2D eigenvalue weighted by molar-refractivity contribution is 0.0955. The van der Waals surface area contributed by atoms with Crippen LogP contribution in [0.3, 0.4) is 0 Å². The molecule has 152 valence electrons. The molecule has 2 heterocycles. The zero-order valence-electron chi connectivity index (χ0n) is 15.7. The molecule has 0 atom stereocenters. The van der Waals surface area contributed by atoms with Crippen molar-refractivity contribution in [2.75, 3.05) is 7.11 Å². The van der Waals surface area contributed by atoms with Gasteiger partial charge in [-0.25, -0.2) is 9.37 Å². The first-order chi connectivity index (χ1) is 14.5. The molecule has 30 heavy (non-hydrogen) atoms. The molecule has 2 aromatic carbocycles. The highest BCUT2D eigenvalue weighted by Gasteiger charge is 2.20. The Labute approximate surface area is 180 Å². The standard InChI is InChI=1S/C22H15ClF2N2O2S/c1-29-16-8-7-12(14-4-3-9-26-21(14)25)10-13(16)11-27-22(28)20-19(23)18-15(24)5-2-6-17(18)30-20/h2-10H,11H2,1H3,(H,27,28). The van der Waals surface area contributed by atoms with Crippen molar-refractivity contribution in [3.05, 3.63) is 82.0 Å². The third-order valence-electron chi connectivity index (χ3n) is 4.60. The summed E-state index contributed by atoms with van der Waals surface area (Å²) in [5.41, 5.74) is 1.60.